The van der Waals surface area contributed by atoms with Crippen molar-refractivity contribution in [1.82, 2.24) is 4.90 Å². The molecule has 1 aliphatic rings. The molecule has 1 fully saturated rings. The van der Waals surface area contributed by atoms with Gasteiger partial charge in [-0.25, -0.2) is 4.39 Å². The lowest BCUT2D eigenvalue weighted by molar-refractivity contribution is 0.198. The monoisotopic (exact) mass is 285 g/mol. The highest BCUT2D eigenvalue weighted by atomic mass is 35.5. The largest absolute Gasteiger partial charge is 0.409 e. The van der Waals surface area contributed by atoms with Gasteiger partial charge < -0.3 is 10.9 Å². The summed E-state index contributed by atoms with van der Waals surface area (Å²) in [5, 5.41) is 11.9. The summed E-state index contributed by atoms with van der Waals surface area (Å²) in [6, 6.07) is 4.80. The lowest BCUT2D eigenvalue weighted by Gasteiger charge is -2.31. The first kappa shape index (κ1) is 14.1. The van der Waals surface area contributed by atoms with Crippen LogP contribution in [0.1, 0.15) is 18.4 Å². The van der Waals surface area contributed by atoms with Crippen molar-refractivity contribution >= 4 is 17.4 Å². The van der Waals surface area contributed by atoms with Crippen molar-refractivity contribution in [3.8, 4) is 0 Å². The van der Waals surface area contributed by atoms with E-state index in [1.54, 1.807) is 12.1 Å². The third-order valence-electron chi connectivity index (χ3n) is 3.51. The van der Waals surface area contributed by atoms with Crippen LogP contribution in [-0.2, 0) is 6.54 Å². The van der Waals surface area contributed by atoms with E-state index in [4.69, 9.17) is 22.5 Å². The lowest BCUT2D eigenvalue weighted by atomic mass is 9.95. The first-order valence-corrected chi connectivity index (χ1v) is 6.61. The highest BCUT2D eigenvalue weighted by molar-refractivity contribution is 6.30. The van der Waals surface area contributed by atoms with Gasteiger partial charge in [0.15, 0.2) is 0 Å². The molecule has 0 aliphatic carbocycles. The van der Waals surface area contributed by atoms with Crippen molar-refractivity contribution < 1.29 is 9.60 Å². The zero-order valence-corrected chi connectivity index (χ0v) is 11.3. The topological polar surface area (TPSA) is 61.9 Å². The number of nitrogens with zero attached hydrogens (tertiary/aromatic N) is 2. The molecule has 0 saturated carbocycles. The fourth-order valence-electron chi connectivity index (χ4n) is 2.36. The predicted octanol–water partition coefficient (Wildman–Crippen LogP) is 2.44. The second-order valence-electron chi connectivity index (χ2n) is 4.82. The van der Waals surface area contributed by atoms with Gasteiger partial charge in [0, 0.05) is 12.5 Å². The fraction of sp³-hybridized carbons (Fsp3) is 0.462. The second-order valence-corrected chi connectivity index (χ2v) is 5.23. The Hall–Kier alpha value is -1.33. The second kappa shape index (κ2) is 6.21. The molecule has 1 aromatic carbocycles. The summed E-state index contributed by atoms with van der Waals surface area (Å²) in [6.07, 6.45) is 1.73. The third kappa shape index (κ3) is 3.58. The van der Waals surface area contributed by atoms with E-state index in [-0.39, 0.29) is 10.9 Å². The first-order chi connectivity index (χ1) is 9.10. The maximum Gasteiger partial charge on any atom is 0.142 e. The van der Waals surface area contributed by atoms with Crippen LogP contribution in [0.3, 0.4) is 0 Å². The summed E-state index contributed by atoms with van der Waals surface area (Å²) in [5.41, 5.74) is 6.60. The van der Waals surface area contributed by atoms with Crippen LogP contribution in [0.5, 0.6) is 0 Å². The highest BCUT2D eigenvalue weighted by Gasteiger charge is 2.22. The molecule has 1 saturated heterocycles. The van der Waals surface area contributed by atoms with Gasteiger partial charge in [-0.2, -0.15) is 0 Å². The van der Waals surface area contributed by atoms with Gasteiger partial charge in [0.2, 0.25) is 0 Å². The number of halogens is 2. The van der Waals surface area contributed by atoms with Gasteiger partial charge in [0.1, 0.15) is 11.7 Å². The first-order valence-electron chi connectivity index (χ1n) is 6.24. The third-order valence-corrected chi connectivity index (χ3v) is 3.80. The van der Waals surface area contributed by atoms with Crippen molar-refractivity contribution in [2.24, 2.45) is 16.8 Å². The highest BCUT2D eigenvalue weighted by Crippen LogP contribution is 2.21. The molecule has 0 atom stereocenters. The minimum atomic E-state index is -0.393. The smallest absolute Gasteiger partial charge is 0.142 e. The Kier molecular flexibility index (Phi) is 4.61. The molecule has 1 heterocycles. The van der Waals surface area contributed by atoms with Crippen LogP contribution in [-0.4, -0.2) is 29.0 Å². The Bertz CT molecular complexity index is 473. The molecular weight excluding hydrogens is 269 g/mol. The van der Waals surface area contributed by atoms with Crippen LogP contribution in [0.4, 0.5) is 4.39 Å². The number of piperidine rings is 1. The Morgan fingerprint density at radius 1 is 1.47 bits per heavy atom. The van der Waals surface area contributed by atoms with E-state index in [0.29, 0.717) is 5.84 Å². The van der Waals surface area contributed by atoms with Crippen molar-refractivity contribution in [1.29, 1.82) is 0 Å². The zero-order chi connectivity index (χ0) is 13.8. The van der Waals surface area contributed by atoms with E-state index in [1.807, 2.05) is 0 Å². The molecule has 6 heteroatoms. The number of likely N-dealkylation sites (tertiary alicyclic amines) is 1. The van der Waals surface area contributed by atoms with Gasteiger partial charge in [-0.15, -0.1) is 0 Å². The summed E-state index contributed by atoms with van der Waals surface area (Å²) in [4.78, 5) is 2.25. The molecule has 1 aromatic rings. The fourth-order valence-corrected chi connectivity index (χ4v) is 2.57. The molecule has 0 aromatic heterocycles. The van der Waals surface area contributed by atoms with Gasteiger partial charge in [-0.3, -0.25) is 4.90 Å². The van der Waals surface area contributed by atoms with Crippen molar-refractivity contribution in [2.45, 2.75) is 19.4 Å². The van der Waals surface area contributed by atoms with Crippen molar-refractivity contribution in [3.63, 3.8) is 0 Å². The summed E-state index contributed by atoms with van der Waals surface area (Å²) in [5.74, 6) is 0.0681. The Morgan fingerprint density at radius 3 is 2.74 bits per heavy atom. The zero-order valence-electron chi connectivity index (χ0n) is 10.5. The number of hydrogen-bond acceptors (Lipinski definition) is 3. The molecule has 0 radical (unpaired) electrons. The Labute approximate surface area is 116 Å². The number of rotatable bonds is 3. The van der Waals surface area contributed by atoms with E-state index in [9.17, 15) is 4.39 Å². The molecule has 0 unspecified atom stereocenters. The lowest BCUT2D eigenvalue weighted by Crippen LogP contribution is -2.38. The van der Waals surface area contributed by atoms with E-state index in [1.165, 1.54) is 6.07 Å². The van der Waals surface area contributed by atoms with Crippen molar-refractivity contribution in [3.05, 3.63) is 34.6 Å². The summed E-state index contributed by atoms with van der Waals surface area (Å²) in [7, 11) is 0. The summed E-state index contributed by atoms with van der Waals surface area (Å²) >= 11 is 5.76. The molecule has 0 amide bonds. The van der Waals surface area contributed by atoms with E-state index >= 15 is 0 Å². The van der Waals surface area contributed by atoms with E-state index in [0.717, 1.165) is 38.0 Å². The SMILES string of the molecule is N/C(=N/O)C1CCN(Cc2ccc(F)c(Cl)c2)CC1. The Balaban J connectivity index is 1.90. The molecule has 1 aliphatic heterocycles. The molecule has 104 valence electrons. The van der Waals surface area contributed by atoms with E-state index in [2.05, 4.69) is 10.1 Å². The summed E-state index contributed by atoms with van der Waals surface area (Å²) in [6.45, 7) is 2.48. The van der Waals surface area contributed by atoms with Gasteiger partial charge in [0.05, 0.1) is 5.02 Å². The number of amidine groups is 1. The minimum Gasteiger partial charge on any atom is -0.409 e. The molecule has 4 nitrogen and oxygen atoms in total. The standard InChI is InChI=1S/C13H17ClFN3O/c14-11-7-9(1-2-12(11)15)8-18-5-3-10(4-6-18)13(16)17-19/h1-2,7,10,19H,3-6,8H2,(H2,16,17). The Morgan fingerprint density at radius 2 is 2.16 bits per heavy atom. The molecular formula is C13H17ClFN3O. The van der Waals surface area contributed by atoms with Gasteiger partial charge in [-0.05, 0) is 43.6 Å². The maximum atomic E-state index is 13.1. The van der Waals surface area contributed by atoms with Crippen LogP contribution in [0.25, 0.3) is 0 Å². The van der Waals surface area contributed by atoms with Crippen LogP contribution in [0.15, 0.2) is 23.4 Å². The number of hydrogen-bond donors (Lipinski definition) is 2. The number of oxime groups is 1. The van der Waals surface area contributed by atoms with Crippen LogP contribution in [0.2, 0.25) is 5.02 Å². The van der Waals surface area contributed by atoms with Crippen LogP contribution < -0.4 is 5.73 Å². The minimum absolute atomic E-state index is 0.151. The maximum absolute atomic E-state index is 13.1. The molecule has 19 heavy (non-hydrogen) atoms. The average Bonchev–Trinajstić information content (AvgIpc) is 2.43. The predicted molar refractivity (Wildman–Crippen MR) is 72.8 cm³/mol. The molecule has 3 N–H and O–H groups in total. The van der Waals surface area contributed by atoms with Gasteiger partial charge in [-0.1, -0.05) is 22.8 Å². The van der Waals surface area contributed by atoms with Gasteiger partial charge >= 0.3 is 0 Å². The molecule has 2 rings (SSSR count). The van der Waals surface area contributed by atoms with Crippen molar-refractivity contribution in [2.75, 3.05) is 13.1 Å². The van der Waals surface area contributed by atoms with Gasteiger partial charge in [0.25, 0.3) is 0 Å². The van der Waals surface area contributed by atoms with E-state index < -0.39 is 5.82 Å². The average molecular weight is 286 g/mol. The van der Waals surface area contributed by atoms with Crippen LogP contribution >= 0.6 is 11.6 Å². The normalized spacial score (nSPS) is 18.7. The number of benzene rings is 1. The quantitative estimate of drug-likeness (QED) is 0.388. The molecule has 0 spiro atoms. The van der Waals surface area contributed by atoms with Crippen LogP contribution in [0, 0.1) is 11.7 Å². The number of nitrogens with two attached hydrogens (primary N) is 1. The summed E-state index contributed by atoms with van der Waals surface area (Å²) < 4.78 is 13.1. The molecule has 0 bridgehead atoms.